The highest BCUT2D eigenvalue weighted by Crippen LogP contribution is 2.36. The van der Waals surface area contributed by atoms with E-state index in [1.165, 1.54) is 18.2 Å². The predicted molar refractivity (Wildman–Crippen MR) is 91.2 cm³/mol. The Hall–Kier alpha value is -3.09. The first-order valence-electron chi connectivity index (χ1n) is 8.05. The van der Waals surface area contributed by atoms with Crippen LogP contribution in [0.2, 0.25) is 0 Å². The van der Waals surface area contributed by atoms with Crippen molar-refractivity contribution >= 4 is 28.0 Å². The van der Waals surface area contributed by atoms with E-state index in [0.717, 1.165) is 0 Å². The van der Waals surface area contributed by atoms with Crippen molar-refractivity contribution in [2.45, 2.75) is 6.23 Å². The van der Waals surface area contributed by atoms with Crippen LogP contribution in [0.4, 0.5) is 22.0 Å². The minimum absolute atomic E-state index is 0.0571. The van der Waals surface area contributed by atoms with E-state index in [1.807, 2.05) is 0 Å². The van der Waals surface area contributed by atoms with Crippen molar-refractivity contribution in [3.63, 3.8) is 0 Å². The molecule has 2 atom stereocenters. The molecule has 156 valence electrons. The number of benzene rings is 3. The van der Waals surface area contributed by atoms with Crippen LogP contribution in [0.15, 0.2) is 36.4 Å². The third-order valence-corrected chi connectivity index (χ3v) is 4.91. The first-order chi connectivity index (χ1) is 14.2. The average Bonchev–Trinajstić information content (AvgIpc) is 2.75. The quantitative estimate of drug-likeness (QED) is 0.378. The van der Waals surface area contributed by atoms with Crippen LogP contribution in [0.1, 0.15) is 22.1 Å². The predicted octanol–water partition coefficient (Wildman–Crippen LogP) is 3.57. The van der Waals surface area contributed by atoms with Gasteiger partial charge in [0.05, 0.1) is 5.56 Å². The molecule has 0 spiro atoms. The van der Waals surface area contributed by atoms with Crippen LogP contribution in [0.25, 0.3) is 10.8 Å². The van der Waals surface area contributed by atoms with Crippen LogP contribution in [0, 0.1) is 29.1 Å². The number of nitrogens with zero attached hydrogens (tertiary/aromatic N) is 1. The lowest BCUT2D eigenvalue weighted by atomic mass is 9.94. The highest BCUT2D eigenvalue weighted by molar-refractivity contribution is 7.75. The van der Waals surface area contributed by atoms with Gasteiger partial charge in [-0.1, -0.05) is 30.3 Å². The van der Waals surface area contributed by atoms with Crippen LogP contribution >= 0.6 is 0 Å². The van der Waals surface area contributed by atoms with Gasteiger partial charge in [0.15, 0.2) is 6.23 Å². The van der Waals surface area contributed by atoms with E-state index in [9.17, 15) is 36.1 Å². The molecule has 3 aromatic rings. The molecule has 0 bridgehead atoms. The van der Waals surface area contributed by atoms with Crippen LogP contribution in [-0.2, 0) is 15.6 Å². The number of carbonyl (C=O) groups excluding carboxylic acids is 1. The highest BCUT2D eigenvalue weighted by atomic mass is 32.2. The van der Waals surface area contributed by atoms with Gasteiger partial charge in [-0.15, -0.1) is 4.28 Å². The zero-order chi connectivity index (χ0) is 21.7. The van der Waals surface area contributed by atoms with E-state index in [4.69, 9.17) is 0 Å². The number of halogens is 5. The number of aliphatic hydroxyl groups excluding tert-OH is 1. The van der Waals surface area contributed by atoms with E-state index in [2.05, 4.69) is 8.47 Å². The van der Waals surface area contributed by atoms with Gasteiger partial charge in [-0.25, -0.2) is 13.2 Å². The highest BCUT2D eigenvalue weighted by Gasteiger charge is 2.37. The summed E-state index contributed by atoms with van der Waals surface area (Å²) < 4.78 is 87.8. The van der Waals surface area contributed by atoms with Gasteiger partial charge < -0.3 is 9.29 Å². The second-order valence-electron chi connectivity index (χ2n) is 6.02. The van der Waals surface area contributed by atoms with E-state index in [-0.39, 0.29) is 16.2 Å². The van der Waals surface area contributed by atoms with Crippen molar-refractivity contribution < 1.29 is 44.5 Å². The fourth-order valence-corrected chi connectivity index (χ4v) is 3.59. The largest absolute Gasteiger partial charge is 0.383 e. The molecule has 0 aromatic heterocycles. The Morgan fingerprint density at radius 2 is 1.47 bits per heavy atom. The van der Waals surface area contributed by atoms with Crippen molar-refractivity contribution in [1.29, 1.82) is 0 Å². The summed E-state index contributed by atoms with van der Waals surface area (Å²) in [6.07, 6.45) is -1.79. The Morgan fingerprint density at radius 1 is 0.900 bits per heavy atom. The maximum atomic E-state index is 13.7. The molecule has 6 nitrogen and oxygen atoms in total. The maximum Gasteiger partial charge on any atom is 0.383 e. The molecule has 0 saturated carbocycles. The number of hydrogen-bond acceptors (Lipinski definition) is 5. The van der Waals surface area contributed by atoms with E-state index in [0.29, 0.717) is 10.8 Å². The van der Waals surface area contributed by atoms with E-state index in [1.54, 1.807) is 18.2 Å². The summed E-state index contributed by atoms with van der Waals surface area (Å²) in [5.41, 5.74) is 0.248. The van der Waals surface area contributed by atoms with Crippen LogP contribution in [-0.4, -0.2) is 20.3 Å². The van der Waals surface area contributed by atoms with Crippen molar-refractivity contribution in [3.05, 3.63) is 76.6 Å². The molecule has 0 radical (unpaired) electrons. The first-order valence-corrected chi connectivity index (χ1v) is 9.05. The van der Waals surface area contributed by atoms with Gasteiger partial charge in [0.25, 0.3) is 5.91 Å². The monoisotopic (exact) mass is 445 g/mol. The Bertz CT molecular complexity index is 1200. The molecule has 4 rings (SSSR count). The maximum absolute atomic E-state index is 13.7. The lowest BCUT2D eigenvalue weighted by molar-refractivity contribution is -0.135. The SMILES string of the molecule is O=C1c2cccc3cccc(c23)C(O)N1OS(=O)Oc1c(F)c(F)c(F)c(F)c1F. The summed E-state index contributed by atoms with van der Waals surface area (Å²) >= 11 is -3.27. The fraction of sp³-hybridized carbons (Fsp3) is 0.0556. The van der Waals surface area contributed by atoms with E-state index >= 15 is 0 Å². The van der Waals surface area contributed by atoms with Crippen molar-refractivity contribution in [2.24, 2.45) is 0 Å². The molecule has 30 heavy (non-hydrogen) atoms. The topological polar surface area (TPSA) is 76.1 Å². The summed E-state index contributed by atoms with van der Waals surface area (Å²) in [4.78, 5) is 12.6. The Kier molecular flexibility index (Phi) is 4.92. The van der Waals surface area contributed by atoms with E-state index < -0.39 is 58.3 Å². The normalized spacial score (nSPS) is 16.8. The summed E-state index contributed by atoms with van der Waals surface area (Å²) in [7, 11) is 0. The molecule has 12 heteroatoms. The van der Waals surface area contributed by atoms with Crippen LogP contribution in [0.5, 0.6) is 5.75 Å². The smallest absolute Gasteiger partial charge is 0.372 e. The molecule has 1 aliphatic heterocycles. The van der Waals surface area contributed by atoms with Gasteiger partial charge in [-0.05, 0) is 11.5 Å². The van der Waals surface area contributed by atoms with Gasteiger partial charge >= 0.3 is 11.4 Å². The second kappa shape index (κ2) is 7.31. The number of aliphatic hydroxyl groups is 1. The number of amides is 1. The third-order valence-electron chi connectivity index (χ3n) is 4.33. The van der Waals surface area contributed by atoms with Crippen molar-refractivity contribution in [1.82, 2.24) is 5.06 Å². The van der Waals surface area contributed by atoms with Gasteiger partial charge in [-0.3, -0.25) is 4.79 Å². The first kappa shape index (κ1) is 20.2. The Labute approximate surface area is 166 Å². The van der Waals surface area contributed by atoms with Gasteiger partial charge in [0, 0.05) is 10.9 Å². The molecule has 0 saturated heterocycles. The zero-order valence-electron chi connectivity index (χ0n) is 14.4. The number of carbonyl (C=O) groups is 1. The summed E-state index contributed by atoms with van der Waals surface area (Å²) in [5, 5.41) is 11.7. The number of hydroxylamine groups is 2. The summed E-state index contributed by atoms with van der Waals surface area (Å²) in [6, 6.07) is 9.32. The lowest BCUT2D eigenvalue weighted by Crippen LogP contribution is -2.39. The lowest BCUT2D eigenvalue weighted by Gasteiger charge is -2.30. The minimum Gasteiger partial charge on any atom is -0.372 e. The molecular weight excluding hydrogens is 437 g/mol. The molecule has 1 N–H and O–H groups in total. The van der Waals surface area contributed by atoms with Crippen LogP contribution in [0.3, 0.4) is 0 Å². The minimum atomic E-state index is -3.27. The molecule has 1 heterocycles. The summed E-state index contributed by atoms with van der Waals surface area (Å²) in [5.74, 6) is -14.7. The van der Waals surface area contributed by atoms with Gasteiger partial charge in [0.2, 0.25) is 34.8 Å². The average molecular weight is 445 g/mol. The second-order valence-corrected chi connectivity index (χ2v) is 6.74. The molecule has 1 amide bonds. The number of rotatable bonds is 4. The standard InChI is InChI=1S/C18H8F5NO5S/c19-11-12(20)14(22)16(15(23)13(11)21)28-30(27)29-24-17(25)8-5-1-3-7-4-2-6-9(10(7)8)18(24)26/h1-6,17,25H. The van der Waals surface area contributed by atoms with Crippen molar-refractivity contribution in [2.75, 3.05) is 0 Å². The van der Waals surface area contributed by atoms with Gasteiger partial charge in [-0.2, -0.15) is 18.1 Å². The zero-order valence-corrected chi connectivity index (χ0v) is 15.2. The van der Waals surface area contributed by atoms with Crippen LogP contribution < -0.4 is 4.18 Å². The third kappa shape index (κ3) is 3.00. The number of hydrogen-bond donors (Lipinski definition) is 1. The Morgan fingerprint density at radius 3 is 2.10 bits per heavy atom. The Balaban J connectivity index is 1.65. The molecule has 0 fully saturated rings. The molecule has 1 aliphatic rings. The molecule has 2 unspecified atom stereocenters. The summed E-state index contributed by atoms with van der Waals surface area (Å²) in [6.45, 7) is 0. The fourth-order valence-electron chi connectivity index (χ4n) is 3.00. The van der Waals surface area contributed by atoms with Gasteiger partial charge in [0.1, 0.15) is 0 Å². The molecule has 0 aliphatic carbocycles. The molecule has 3 aromatic carbocycles. The molecular formula is C18H8F5NO5S. The van der Waals surface area contributed by atoms with Crippen molar-refractivity contribution in [3.8, 4) is 5.75 Å².